The number of aliphatic carboxylic acids is 1. The van der Waals surface area contributed by atoms with Crippen molar-refractivity contribution in [1.29, 1.82) is 0 Å². The van der Waals surface area contributed by atoms with Gasteiger partial charge in [0.05, 0.1) is 0 Å². The van der Waals surface area contributed by atoms with Crippen LogP contribution < -0.4 is 11.1 Å². The van der Waals surface area contributed by atoms with Gasteiger partial charge in [-0.3, -0.25) is 9.59 Å². The molecule has 132 valence electrons. The molecule has 0 aliphatic rings. The fourth-order valence-corrected chi connectivity index (χ4v) is 2.17. The van der Waals surface area contributed by atoms with Crippen LogP contribution in [0.5, 0.6) is 0 Å². The van der Waals surface area contributed by atoms with Gasteiger partial charge in [0.2, 0.25) is 11.8 Å². The molecule has 2 amide bonds. The number of carboxylic acid groups (broad SMARTS) is 1. The maximum atomic E-state index is 11.6. The predicted octanol–water partition coefficient (Wildman–Crippen LogP) is 2.52. The lowest BCUT2D eigenvalue weighted by Crippen LogP contribution is -2.40. The number of allylic oxidation sites excluding steroid dienone is 1. The van der Waals surface area contributed by atoms with E-state index in [0.717, 1.165) is 19.3 Å². The largest absolute Gasteiger partial charge is 0.480 e. The standard InChI is InChI=1S/C17H30N2O4/c1-2-3-4-5-6-7-8-9-10-11-16(21)19-14(17(22)23)12-13-15(18)20/h10-11,14H,2-9,12-13H2,1H3,(H2,18,20)(H,19,21)(H,22,23)/t14-/m0/s1. The van der Waals surface area contributed by atoms with Gasteiger partial charge in [0, 0.05) is 6.42 Å². The van der Waals surface area contributed by atoms with Crippen LogP contribution in [0.25, 0.3) is 0 Å². The fourth-order valence-electron chi connectivity index (χ4n) is 2.17. The minimum absolute atomic E-state index is 0.00199. The van der Waals surface area contributed by atoms with Crippen LogP contribution in [0.15, 0.2) is 12.2 Å². The Kier molecular flexibility index (Phi) is 12.7. The highest BCUT2D eigenvalue weighted by Crippen LogP contribution is 2.08. The van der Waals surface area contributed by atoms with Crippen molar-refractivity contribution in [3.8, 4) is 0 Å². The predicted molar refractivity (Wildman–Crippen MR) is 89.7 cm³/mol. The summed E-state index contributed by atoms with van der Waals surface area (Å²) in [4.78, 5) is 33.3. The smallest absolute Gasteiger partial charge is 0.326 e. The molecule has 0 saturated heterocycles. The lowest BCUT2D eigenvalue weighted by Gasteiger charge is -2.11. The lowest BCUT2D eigenvalue weighted by molar-refractivity contribution is -0.141. The molecule has 4 N–H and O–H groups in total. The zero-order chi connectivity index (χ0) is 17.5. The molecule has 0 rings (SSSR count). The van der Waals surface area contributed by atoms with E-state index in [1.165, 1.54) is 38.2 Å². The minimum atomic E-state index is -1.17. The number of rotatable bonds is 14. The highest BCUT2D eigenvalue weighted by Gasteiger charge is 2.19. The van der Waals surface area contributed by atoms with E-state index in [1.54, 1.807) is 6.08 Å². The molecule has 0 aliphatic carbocycles. The summed E-state index contributed by atoms with van der Waals surface area (Å²) in [5.41, 5.74) is 4.98. The van der Waals surface area contributed by atoms with Crippen LogP contribution in [0.4, 0.5) is 0 Å². The third-order valence-corrected chi connectivity index (χ3v) is 3.54. The second kappa shape index (κ2) is 13.8. The molecule has 6 heteroatoms. The summed E-state index contributed by atoms with van der Waals surface area (Å²) in [6, 6.07) is -1.08. The number of primary amides is 1. The van der Waals surface area contributed by atoms with Gasteiger partial charge in [-0.1, -0.05) is 51.5 Å². The van der Waals surface area contributed by atoms with Crippen molar-refractivity contribution in [1.82, 2.24) is 5.32 Å². The van der Waals surface area contributed by atoms with Crippen LogP contribution in [-0.4, -0.2) is 28.9 Å². The van der Waals surface area contributed by atoms with Crippen LogP contribution in [0.1, 0.15) is 71.1 Å². The first-order valence-electron chi connectivity index (χ1n) is 8.45. The van der Waals surface area contributed by atoms with Gasteiger partial charge in [0.15, 0.2) is 0 Å². The molecule has 0 bridgehead atoms. The first-order valence-corrected chi connectivity index (χ1v) is 8.45. The summed E-state index contributed by atoms with van der Waals surface area (Å²) in [6.45, 7) is 2.19. The number of hydrogen-bond acceptors (Lipinski definition) is 3. The number of nitrogens with one attached hydrogen (secondary N) is 1. The van der Waals surface area contributed by atoms with Gasteiger partial charge >= 0.3 is 5.97 Å². The maximum Gasteiger partial charge on any atom is 0.326 e. The molecule has 0 fully saturated rings. The quantitative estimate of drug-likeness (QED) is 0.336. The van der Waals surface area contributed by atoms with Crippen LogP contribution in [-0.2, 0) is 14.4 Å². The van der Waals surface area contributed by atoms with E-state index in [4.69, 9.17) is 10.8 Å². The molecule has 0 aromatic heterocycles. The van der Waals surface area contributed by atoms with Crippen molar-refractivity contribution in [2.75, 3.05) is 0 Å². The third-order valence-electron chi connectivity index (χ3n) is 3.54. The van der Waals surface area contributed by atoms with Gasteiger partial charge in [-0.05, 0) is 25.3 Å². The van der Waals surface area contributed by atoms with E-state index in [0.29, 0.717) is 0 Å². The Morgan fingerprint density at radius 3 is 2.26 bits per heavy atom. The molecule has 0 aromatic carbocycles. The highest BCUT2D eigenvalue weighted by molar-refractivity contribution is 5.91. The molecule has 0 radical (unpaired) electrons. The van der Waals surface area contributed by atoms with Crippen LogP contribution in [0.2, 0.25) is 0 Å². The minimum Gasteiger partial charge on any atom is -0.480 e. The summed E-state index contributed by atoms with van der Waals surface area (Å²) >= 11 is 0. The number of unbranched alkanes of at least 4 members (excludes halogenated alkanes) is 7. The van der Waals surface area contributed by atoms with Gasteiger partial charge in [-0.2, -0.15) is 0 Å². The van der Waals surface area contributed by atoms with Crippen molar-refractivity contribution in [2.45, 2.75) is 77.2 Å². The highest BCUT2D eigenvalue weighted by atomic mass is 16.4. The summed E-state index contributed by atoms with van der Waals surface area (Å²) in [6.07, 6.45) is 12.3. The van der Waals surface area contributed by atoms with Crippen molar-refractivity contribution >= 4 is 17.8 Å². The van der Waals surface area contributed by atoms with Crippen LogP contribution in [0.3, 0.4) is 0 Å². The van der Waals surface area contributed by atoms with Gasteiger partial charge < -0.3 is 16.2 Å². The third kappa shape index (κ3) is 13.5. The Bertz CT molecular complexity index is 394. The van der Waals surface area contributed by atoms with Gasteiger partial charge in [0.25, 0.3) is 0 Å². The normalized spacial score (nSPS) is 12.2. The van der Waals surface area contributed by atoms with Crippen molar-refractivity contribution in [2.24, 2.45) is 5.73 Å². The summed E-state index contributed by atoms with van der Waals surface area (Å²) < 4.78 is 0. The molecular weight excluding hydrogens is 296 g/mol. The average Bonchev–Trinajstić information content (AvgIpc) is 2.49. The van der Waals surface area contributed by atoms with E-state index in [9.17, 15) is 14.4 Å². The first-order chi connectivity index (χ1) is 11.0. The van der Waals surface area contributed by atoms with Gasteiger partial charge in [0.1, 0.15) is 6.04 Å². The zero-order valence-corrected chi connectivity index (χ0v) is 14.1. The number of hydrogen-bond donors (Lipinski definition) is 3. The first kappa shape index (κ1) is 21.1. The topological polar surface area (TPSA) is 109 Å². The molecule has 0 aliphatic heterocycles. The average molecular weight is 326 g/mol. The fraction of sp³-hybridized carbons (Fsp3) is 0.706. The van der Waals surface area contributed by atoms with E-state index in [2.05, 4.69) is 12.2 Å². The second-order valence-corrected chi connectivity index (χ2v) is 5.72. The summed E-state index contributed by atoms with van der Waals surface area (Å²) in [5.74, 6) is -2.20. The summed E-state index contributed by atoms with van der Waals surface area (Å²) in [7, 11) is 0. The molecular formula is C17H30N2O4. The second-order valence-electron chi connectivity index (χ2n) is 5.72. The number of amides is 2. The van der Waals surface area contributed by atoms with E-state index >= 15 is 0 Å². The van der Waals surface area contributed by atoms with E-state index in [1.807, 2.05) is 0 Å². The number of carboxylic acids is 1. The van der Waals surface area contributed by atoms with Gasteiger partial charge in [-0.25, -0.2) is 4.79 Å². The lowest BCUT2D eigenvalue weighted by atomic mass is 10.1. The molecule has 23 heavy (non-hydrogen) atoms. The van der Waals surface area contributed by atoms with Crippen molar-refractivity contribution in [3.05, 3.63) is 12.2 Å². The molecule has 0 unspecified atom stereocenters. The molecule has 0 saturated carbocycles. The Morgan fingerprint density at radius 2 is 1.70 bits per heavy atom. The Hall–Kier alpha value is -1.85. The molecule has 0 heterocycles. The van der Waals surface area contributed by atoms with E-state index in [-0.39, 0.29) is 12.8 Å². The number of carbonyl (C=O) groups excluding carboxylic acids is 2. The molecule has 0 spiro atoms. The maximum absolute atomic E-state index is 11.6. The Labute approximate surface area is 138 Å². The monoisotopic (exact) mass is 326 g/mol. The zero-order valence-electron chi connectivity index (χ0n) is 14.1. The van der Waals surface area contributed by atoms with Crippen LogP contribution >= 0.6 is 0 Å². The van der Waals surface area contributed by atoms with Crippen LogP contribution in [0, 0.1) is 0 Å². The molecule has 1 atom stereocenters. The molecule has 0 aromatic rings. The Morgan fingerprint density at radius 1 is 1.09 bits per heavy atom. The SMILES string of the molecule is CCCCCCCCCC=CC(=O)N[C@@H](CCC(N)=O)C(=O)O. The van der Waals surface area contributed by atoms with Crippen molar-refractivity contribution < 1.29 is 19.5 Å². The summed E-state index contributed by atoms with van der Waals surface area (Å²) in [5, 5.41) is 11.3. The van der Waals surface area contributed by atoms with E-state index < -0.39 is 23.8 Å². The van der Waals surface area contributed by atoms with Crippen molar-refractivity contribution in [3.63, 3.8) is 0 Å². The van der Waals surface area contributed by atoms with Gasteiger partial charge in [-0.15, -0.1) is 0 Å². The molecule has 6 nitrogen and oxygen atoms in total. The Balaban J connectivity index is 3.84. The number of carbonyl (C=O) groups is 3. The number of nitrogens with two attached hydrogens (primary N) is 1.